The molecule has 0 aliphatic carbocycles. The van der Waals surface area contributed by atoms with Crippen molar-refractivity contribution in [2.75, 3.05) is 5.73 Å². The molecule has 0 fully saturated rings. The Morgan fingerprint density at radius 3 is 2.45 bits per heavy atom. The minimum atomic E-state index is -0.941. The number of nitrogens with zero attached hydrogens (tertiary/aromatic N) is 2. The van der Waals surface area contributed by atoms with Crippen molar-refractivity contribution in [2.24, 2.45) is 0 Å². The highest BCUT2D eigenvalue weighted by Gasteiger charge is 2.21. The van der Waals surface area contributed by atoms with Gasteiger partial charge in [0.15, 0.2) is 0 Å². The maximum Gasteiger partial charge on any atom is 0.335 e. The predicted octanol–water partition coefficient (Wildman–Crippen LogP) is 3.65. The number of carbonyl (C=O) groups is 1. The molecule has 2 rings (SSSR count). The van der Waals surface area contributed by atoms with E-state index in [-0.39, 0.29) is 17.4 Å². The molecule has 0 aliphatic heterocycles. The number of carboxylic acids is 1. The number of carboxylic acid groups (broad SMARTS) is 1. The molecule has 6 heteroatoms. The van der Waals surface area contributed by atoms with Crippen molar-refractivity contribution in [3.05, 3.63) is 51.8 Å². The third kappa shape index (κ3) is 3.36. The van der Waals surface area contributed by atoms with Crippen molar-refractivity contribution < 1.29 is 9.90 Å². The van der Waals surface area contributed by atoms with Crippen LogP contribution in [0.5, 0.6) is 0 Å². The first-order valence-corrected chi connectivity index (χ1v) is 7.44. The van der Waals surface area contributed by atoms with Gasteiger partial charge in [0, 0.05) is 17.2 Å². The van der Waals surface area contributed by atoms with Crippen LogP contribution >= 0.6 is 11.6 Å². The Morgan fingerprint density at radius 1 is 1.32 bits per heavy atom. The summed E-state index contributed by atoms with van der Waals surface area (Å²) in [6.45, 7) is 3.94. The first kappa shape index (κ1) is 16.2. The lowest BCUT2D eigenvalue weighted by Crippen LogP contribution is -2.09. The van der Waals surface area contributed by atoms with Crippen LogP contribution in [0.15, 0.2) is 24.3 Å². The Hall–Kier alpha value is -2.14. The van der Waals surface area contributed by atoms with Crippen LogP contribution in [0.1, 0.15) is 52.9 Å². The third-order valence-corrected chi connectivity index (χ3v) is 3.88. The van der Waals surface area contributed by atoms with Crippen molar-refractivity contribution in [1.82, 2.24) is 9.97 Å². The number of rotatable bonds is 5. The number of hydrogen-bond donors (Lipinski definition) is 2. The van der Waals surface area contributed by atoms with Gasteiger partial charge in [0.1, 0.15) is 5.15 Å². The van der Waals surface area contributed by atoms with Crippen molar-refractivity contribution in [3.63, 3.8) is 0 Å². The lowest BCUT2D eigenvalue weighted by Gasteiger charge is -2.20. The zero-order chi connectivity index (χ0) is 16.3. The molecular formula is C16H18ClN3O2. The van der Waals surface area contributed by atoms with Crippen molar-refractivity contribution in [2.45, 2.75) is 32.6 Å². The number of halogens is 1. The quantitative estimate of drug-likeness (QED) is 0.821. The van der Waals surface area contributed by atoms with Crippen LogP contribution < -0.4 is 5.73 Å². The third-order valence-electron chi connectivity index (χ3n) is 3.59. The summed E-state index contributed by atoms with van der Waals surface area (Å²) >= 11 is 6.27. The molecule has 0 spiro atoms. The van der Waals surface area contributed by atoms with Crippen LogP contribution in [0, 0.1) is 6.92 Å². The van der Waals surface area contributed by atoms with Gasteiger partial charge in [-0.25, -0.2) is 14.8 Å². The zero-order valence-electron chi connectivity index (χ0n) is 12.5. The van der Waals surface area contributed by atoms with Gasteiger partial charge in [0.05, 0.1) is 5.56 Å². The van der Waals surface area contributed by atoms with E-state index in [9.17, 15) is 4.79 Å². The molecule has 22 heavy (non-hydrogen) atoms. The molecule has 116 valence electrons. The molecule has 0 aliphatic rings. The van der Waals surface area contributed by atoms with E-state index in [1.165, 1.54) is 0 Å². The van der Waals surface area contributed by atoms with Crippen LogP contribution in [0.2, 0.25) is 5.15 Å². The van der Waals surface area contributed by atoms with Gasteiger partial charge in [0.2, 0.25) is 5.95 Å². The highest BCUT2D eigenvalue weighted by molar-refractivity contribution is 6.30. The number of anilines is 1. The normalized spacial score (nSPS) is 12.1. The summed E-state index contributed by atoms with van der Waals surface area (Å²) in [7, 11) is 0. The minimum absolute atomic E-state index is 0.0148. The Bertz CT molecular complexity index is 663. The van der Waals surface area contributed by atoms with Crippen LogP contribution in [0.3, 0.4) is 0 Å². The second-order valence-electron chi connectivity index (χ2n) is 5.14. The standard InChI is InChI=1S/C16H18ClN3O2/c1-3-4-12(10-5-7-11(8-6-10)15(21)22)13-9(2)19-16(18)20-14(13)17/h5-8,12H,3-4H2,1-2H3,(H,21,22)(H2,18,19,20). The average molecular weight is 320 g/mol. The lowest BCUT2D eigenvalue weighted by molar-refractivity contribution is 0.0697. The average Bonchev–Trinajstić information content (AvgIpc) is 2.45. The summed E-state index contributed by atoms with van der Waals surface area (Å²) in [4.78, 5) is 19.2. The molecule has 0 amide bonds. The molecule has 1 heterocycles. The monoisotopic (exact) mass is 319 g/mol. The van der Waals surface area contributed by atoms with Gasteiger partial charge in [0.25, 0.3) is 0 Å². The highest BCUT2D eigenvalue weighted by atomic mass is 35.5. The Balaban J connectivity index is 2.48. The molecule has 5 nitrogen and oxygen atoms in total. The summed E-state index contributed by atoms with van der Waals surface area (Å²) in [5, 5.41) is 9.35. The summed E-state index contributed by atoms with van der Waals surface area (Å²) in [6, 6.07) is 6.83. The van der Waals surface area contributed by atoms with Crippen LogP contribution in [-0.4, -0.2) is 21.0 Å². The number of nitrogen functional groups attached to an aromatic ring is 1. The molecule has 0 radical (unpaired) electrons. The number of hydrogen-bond acceptors (Lipinski definition) is 4. The van der Waals surface area contributed by atoms with Crippen LogP contribution in [-0.2, 0) is 0 Å². The van der Waals surface area contributed by atoms with Gasteiger partial charge in [-0.2, -0.15) is 0 Å². The number of aromatic carboxylic acids is 1. The second-order valence-corrected chi connectivity index (χ2v) is 5.50. The van der Waals surface area contributed by atoms with Crippen LogP contribution in [0.4, 0.5) is 5.95 Å². The van der Waals surface area contributed by atoms with E-state index in [4.69, 9.17) is 22.4 Å². The largest absolute Gasteiger partial charge is 0.478 e. The van der Waals surface area contributed by atoms with E-state index >= 15 is 0 Å². The fourth-order valence-corrected chi connectivity index (χ4v) is 2.94. The fraction of sp³-hybridized carbons (Fsp3) is 0.312. The predicted molar refractivity (Wildman–Crippen MR) is 86.3 cm³/mol. The maximum absolute atomic E-state index is 11.0. The number of benzene rings is 1. The fourth-order valence-electron chi connectivity index (χ4n) is 2.59. The van der Waals surface area contributed by atoms with Gasteiger partial charge in [-0.15, -0.1) is 0 Å². The molecular weight excluding hydrogens is 302 g/mol. The SMILES string of the molecule is CCCC(c1ccc(C(=O)O)cc1)c1c(C)nc(N)nc1Cl. The van der Waals surface area contributed by atoms with Gasteiger partial charge in [-0.05, 0) is 31.0 Å². The van der Waals surface area contributed by atoms with Crippen LogP contribution in [0.25, 0.3) is 0 Å². The molecule has 3 N–H and O–H groups in total. The molecule has 0 saturated heterocycles. The summed E-state index contributed by atoms with van der Waals surface area (Å²) < 4.78 is 0. The topological polar surface area (TPSA) is 89.1 Å². The maximum atomic E-state index is 11.0. The summed E-state index contributed by atoms with van der Waals surface area (Å²) in [5.41, 5.74) is 8.47. The van der Waals surface area contributed by atoms with Crippen molar-refractivity contribution in [3.8, 4) is 0 Å². The molecule has 2 aromatic rings. The second kappa shape index (κ2) is 6.75. The Labute approximate surface area is 134 Å². The highest BCUT2D eigenvalue weighted by Crippen LogP contribution is 2.35. The van der Waals surface area contributed by atoms with Crippen molar-refractivity contribution >= 4 is 23.5 Å². The summed E-state index contributed by atoms with van der Waals surface area (Å²) in [6.07, 6.45) is 1.81. The van der Waals surface area contributed by atoms with Gasteiger partial charge < -0.3 is 10.8 Å². The number of aryl methyl sites for hydroxylation is 1. The van der Waals surface area contributed by atoms with Gasteiger partial charge in [-0.3, -0.25) is 0 Å². The lowest BCUT2D eigenvalue weighted by atomic mass is 9.87. The smallest absolute Gasteiger partial charge is 0.335 e. The summed E-state index contributed by atoms with van der Waals surface area (Å²) in [5.74, 6) is -0.771. The van der Waals surface area contributed by atoms with Gasteiger partial charge >= 0.3 is 5.97 Å². The molecule has 1 atom stereocenters. The van der Waals surface area contributed by atoms with E-state index in [2.05, 4.69) is 16.9 Å². The molecule has 1 unspecified atom stereocenters. The van der Waals surface area contributed by atoms with E-state index in [0.29, 0.717) is 5.15 Å². The van der Waals surface area contributed by atoms with E-state index in [1.54, 1.807) is 12.1 Å². The van der Waals surface area contributed by atoms with Gasteiger partial charge in [-0.1, -0.05) is 37.1 Å². The van der Waals surface area contributed by atoms with Crippen molar-refractivity contribution in [1.29, 1.82) is 0 Å². The minimum Gasteiger partial charge on any atom is -0.478 e. The number of nitrogens with two attached hydrogens (primary N) is 1. The molecule has 1 aromatic heterocycles. The first-order valence-electron chi connectivity index (χ1n) is 7.06. The zero-order valence-corrected chi connectivity index (χ0v) is 13.3. The number of aromatic nitrogens is 2. The van der Waals surface area contributed by atoms with E-state index in [1.807, 2.05) is 19.1 Å². The Kier molecular flexibility index (Phi) is 4.98. The first-order chi connectivity index (χ1) is 10.4. The molecule has 0 bridgehead atoms. The Morgan fingerprint density at radius 2 is 1.95 bits per heavy atom. The molecule has 0 saturated carbocycles. The molecule has 1 aromatic carbocycles. The van der Waals surface area contributed by atoms with E-state index < -0.39 is 5.97 Å². The van der Waals surface area contributed by atoms with E-state index in [0.717, 1.165) is 29.7 Å².